The zero-order valence-electron chi connectivity index (χ0n) is 18.4. The SMILES string of the molecule is Cl.Cl.Nc1cc(NC(=O)c2cc(N)cc(C(=O)NC(CO)CO)c2)cc(C(=O)NC(CO)CO)c1. The van der Waals surface area contributed by atoms with Gasteiger partial charge in [0.2, 0.25) is 0 Å². The number of nitrogen functional groups attached to an aromatic ring is 2. The molecule has 0 bridgehead atoms. The number of hydrogen-bond acceptors (Lipinski definition) is 9. The van der Waals surface area contributed by atoms with Crippen molar-refractivity contribution in [1.29, 1.82) is 0 Å². The van der Waals surface area contributed by atoms with Gasteiger partial charge in [-0.15, -0.1) is 24.8 Å². The van der Waals surface area contributed by atoms with Gasteiger partial charge in [-0.25, -0.2) is 0 Å². The molecule has 0 aliphatic heterocycles. The summed E-state index contributed by atoms with van der Waals surface area (Å²) in [5.74, 6) is -1.90. The monoisotopic (exact) mass is 533 g/mol. The molecular weight excluding hydrogens is 505 g/mol. The van der Waals surface area contributed by atoms with E-state index in [2.05, 4.69) is 16.0 Å². The van der Waals surface area contributed by atoms with Gasteiger partial charge in [-0.2, -0.15) is 0 Å². The van der Waals surface area contributed by atoms with Crippen molar-refractivity contribution < 1.29 is 34.8 Å². The number of nitrogens with one attached hydrogen (secondary N) is 3. The fourth-order valence-electron chi connectivity index (χ4n) is 2.81. The van der Waals surface area contributed by atoms with E-state index in [1.165, 1.54) is 36.4 Å². The molecule has 12 nitrogen and oxygen atoms in total. The molecular formula is C21H29Cl2N5O7. The highest BCUT2D eigenvalue weighted by Gasteiger charge is 2.17. The van der Waals surface area contributed by atoms with Crippen LogP contribution in [0.15, 0.2) is 36.4 Å². The van der Waals surface area contributed by atoms with Crippen molar-refractivity contribution in [3.8, 4) is 0 Å². The summed E-state index contributed by atoms with van der Waals surface area (Å²) in [4.78, 5) is 37.4. The molecule has 2 rings (SSSR count). The van der Waals surface area contributed by atoms with E-state index in [0.717, 1.165) is 0 Å². The van der Waals surface area contributed by atoms with Crippen LogP contribution in [-0.4, -0.2) is 76.7 Å². The third-order valence-corrected chi connectivity index (χ3v) is 4.51. The van der Waals surface area contributed by atoms with Crippen molar-refractivity contribution in [3.63, 3.8) is 0 Å². The van der Waals surface area contributed by atoms with Crippen LogP contribution < -0.4 is 27.4 Å². The number of rotatable bonds is 10. The predicted octanol–water partition coefficient (Wildman–Crippen LogP) is -0.887. The summed E-state index contributed by atoms with van der Waals surface area (Å²) in [6.45, 7) is -1.87. The number of amides is 3. The van der Waals surface area contributed by atoms with Gasteiger partial charge in [0.25, 0.3) is 17.7 Å². The first-order chi connectivity index (χ1) is 15.7. The Balaban J connectivity index is 0.00000578. The van der Waals surface area contributed by atoms with Crippen molar-refractivity contribution in [1.82, 2.24) is 10.6 Å². The van der Waals surface area contributed by atoms with Gasteiger partial charge < -0.3 is 47.8 Å². The highest BCUT2D eigenvalue weighted by molar-refractivity contribution is 6.08. The van der Waals surface area contributed by atoms with Crippen molar-refractivity contribution in [2.75, 3.05) is 43.2 Å². The molecule has 2 aromatic rings. The lowest BCUT2D eigenvalue weighted by Gasteiger charge is -2.15. The zero-order chi connectivity index (χ0) is 24.5. The summed E-state index contributed by atoms with van der Waals surface area (Å²) in [6.07, 6.45) is 0. The van der Waals surface area contributed by atoms with Gasteiger partial charge in [-0.05, 0) is 36.4 Å². The highest BCUT2D eigenvalue weighted by Crippen LogP contribution is 2.19. The number of benzene rings is 2. The van der Waals surface area contributed by atoms with Crippen LogP contribution in [0.3, 0.4) is 0 Å². The summed E-state index contributed by atoms with van der Waals surface area (Å²) >= 11 is 0. The molecule has 0 aromatic heterocycles. The molecule has 0 fully saturated rings. The maximum atomic E-state index is 12.8. The predicted molar refractivity (Wildman–Crippen MR) is 135 cm³/mol. The molecule has 0 saturated heterocycles. The molecule has 0 aliphatic carbocycles. The molecule has 0 spiro atoms. The molecule has 0 saturated carbocycles. The van der Waals surface area contributed by atoms with Gasteiger partial charge >= 0.3 is 0 Å². The minimum Gasteiger partial charge on any atom is -0.399 e. The number of aliphatic hydroxyl groups is 4. The number of carbonyl (C=O) groups excluding carboxylic acids is 3. The Hall–Kier alpha value is -3.13. The number of anilines is 3. The molecule has 0 atom stereocenters. The van der Waals surface area contributed by atoms with E-state index in [4.69, 9.17) is 31.9 Å². The quantitative estimate of drug-likeness (QED) is 0.172. The first-order valence-corrected chi connectivity index (χ1v) is 9.88. The molecule has 0 radical (unpaired) electrons. The first-order valence-electron chi connectivity index (χ1n) is 9.88. The molecule has 0 unspecified atom stereocenters. The highest BCUT2D eigenvalue weighted by atomic mass is 35.5. The van der Waals surface area contributed by atoms with E-state index >= 15 is 0 Å². The standard InChI is InChI=1S/C21H27N5O7.2ClH/c22-14-2-11(1-12(3-14)20(32)25-17(7-27)8-28)19(31)24-16-5-13(4-15(23)6-16)21(33)26-18(9-29)10-30;;/h1-6,17-18,27-30H,7-10,22-23H2,(H,24,31)(H,25,32)(H,26,33);2*1H. The van der Waals surface area contributed by atoms with Crippen LogP contribution in [-0.2, 0) is 0 Å². The molecule has 0 heterocycles. The summed E-state index contributed by atoms with van der Waals surface area (Å²) in [5, 5.41) is 43.9. The Bertz CT molecular complexity index is 1020. The lowest BCUT2D eigenvalue weighted by Crippen LogP contribution is -2.40. The summed E-state index contributed by atoms with van der Waals surface area (Å²) in [6, 6.07) is 6.35. The van der Waals surface area contributed by atoms with Crippen LogP contribution in [0, 0.1) is 0 Å². The lowest BCUT2D eigenvalue weighted by molar-refractivity contribution is 0.0874. The second kappa shape index (κ2) is 15.0. The topological polar surface area (TPSA) is 220 Å². The van der Waals surface area contributed by atoms with Crippen LogP contribution in [0.25, 0.3) is 0 Å². The van der Waals surface area contributed by atoms with E-state index in [1.54, 1.807) is 0 Å². The van der Waals surface area contributed by atoms with E-state index in [1.807, 2.05) is 0 Å². The average molecular weight is 534 g/mol. The average Bonchev–Trinajstić information content (AvgIpc) is 2.79. The minimum atomic E-state index is -0.871. The van der Waals surface area contributed by atoms with Crippen molar-refractivity contribution >= 4 is 59.6 Å². The Morgan fingerprint density at radius 1 is 0.629 bits per heavy atom. The van der Waals surface area contributed by atoms with Crippen LogP contribution in [0.1, 0.15) is 31.1 Å². The molecule has 194 valence electrons. The third-order valence-electron chi connectivity index (χ3n) is 4.51. The number of aliphatic hydroxyl groups excluding tert-OH is 4. The Kier molecular flexibility index (Phi) is 13.6. The maximum Gasteiger partial charge on any atom is 0.255 e. The van der Waals surface area contributed by atoms with Crippen molar-refractivity contribution in [2.24, 2.45) is 0 Å². The fraction of sp³-hybridized carbons (Fsp3) is 0.286. The number of carbonyl (C=O) groups is 3. The molecule has 35 heavy (non-hydrogen) atoms. The second-order valence-electron chi connectivity index (χ2n) is 7.21. The van der Waals surface area contributed by atoms with Gasteiger partial charge in [0.1, 0.15) is 0 Å². The lowest BCUT2D eigenvalue weighted by atomic mass is 10.1. The molecule has 3 amide bonds. The molecule has 0 aliphatic rings. The smallest absolute Gasteiger partial charge is 0.255 e. The maximum absolute atomic E-state index is 12.8. The number of halogens is 2. The van der Waals surface area contributed by atoms with E-state index in [0.29, 0.717) is 0 Å². The minimum absolute atomic E-state index is 0. The van der Waals surface area contributed by atoms with Gasteiger partial charge in [-0.3, -0.25) is 14.4 Å². The largest absolute Gasteiger partial charge is 0.399 e. The summed E-state index contributed by atoms with van der Waals surface area (Å²) in [7, 11) is 0. The van der Waals surface area contributed by atoms with Gasteiger partial charge in [0.05, 0.1) is 38.5 Å². The summed E-state index contributed by atoms with van der Waals surface area (Å²) < 4.78 is 0. The van der Waals surface area contributed by atoms with Crippen LogP contribution in [0.4, 0.5) is 17.1 Å². The zero-order valence-corrected chi connectivity index (χ0v) is 20.1. The Morgan fingerprint density at radius 3 is 1.43 bits per heavy atom. The van der Waals surface area contributed by atoms with Gasteiger partial charge in [0.15, 0.2) is 0 Å². The van der Waals surface area contributed by atoms with Crippen LogP contribution in [0.5, 0.6) is 0 Å². The van der Waals surface area contributed by atoms with E-state index < -0.39 is 56.2 Å². The van der Waals surface area contributed by atoms with Gasteiger partial charge in [0, 0.05) is 33.8 Å². The molecule has 14 heteroatoms. The molecule has 2 aromatic carbocycles. The van der Waals surface area contributed by atoms with E-state index in [9.17, 15) is 14.4 Å². The first kappa shape index (κ1) is 31.9. The van der Waals surface area contributed by atoms with Gasteiger partial charge in [-0.1, -0.05) is 0 Å². The Morgan fingerprint density at radius 2 is 1.00 bits per heavy atom. The van der Waals surface area contributed by atoms with Crippen molar-refractivity contribution in [2.45, 2.75) is 12.1 Å². The van der Waals surface area contributed by atoms with Crippen LogP contribution >= 0.6 is 24.8 Å². The fourth-order valence-corrected chi connectivity index (χ4v) is 2.81. The number of hydrogen-bond donors (Lipinski definition) is 9. The van der Waals surface area contributed by atoms with E-state index in [-0.39, 0.29) is 58.6 Å². The number of nitrogens with two attached hydrogens (primary N) is 2. The van der Waals surface area contributed by atoms with Crippen LogP contribution in [0.2, 0.25) is 0 Å². The third kappa shape index (κ3) is 9.20. The normalized spacial score (nSPS) is 10.2. The Labute approximate surface area is 213 Å². The van der Waals surface area contributed by atoms with Crippen molar-refractivity contribution in [3.05, 3.63) is 53.1 Å². The summed E-state index contributed by atoms with van der Waals surface area (Å²) in [5.41, 5.74) is 12.3. The molecule has 11 N–H and O–H groups in total. The second-order valence-corrected chi connectivity index (χ2v) is 7.21.